The van der Waals surface area contributed by atoms with Gasteiger partial charge in [-0.1, -0.05) is 29.5 Å². The van der Waals surface area contributed by atoms with Gasteiger partial charge in [-0.05, 0) is 19.3 Å². The largest absolute Gasteiger partial charge is 0.352 e. The van der Waals surface area contributed by atoms with Crippen LogP contribution in [0.1, 0.15) is 26.2 Å². The highest BCUT2D eigenvalue weighted by Crippen LogP contribution is 2.22. The average Bonchev–Trinajstić information content (AvgIpc) is 2.03. The summed E-state index contributed by atoms with van der Waals surface area (Å²) in [5.74, 6) is 0. The van der Waals surface area contributed by atoms with Crippen LogP contribution >= 0.6 is 22.6 Å². The lowest BCUT2D eigenvalue weighted by molar-refractivity contribution is -0.155. The van der Waals surface area contributed by atoms with Gasteiger partial charge in [-0.3, -0.25) is 0 Å². The molecule has 0 saturated carbocycles. The Labute approximate surface area is 81.8 Å². The van der Waals surface area contributed by atoms with E-state index in [0.717, 1.165) is 19.6 Å². The van der Waals surface area contributed by atoms with Crippen molar-refractivity contribution in [1.82, 2.24) is 0 Å². The lowest BCUT2D eigenvalue weighted by Crippen LogP contribution is -2.32. The van der Waals surface area contributed by atoms with Crippen LogP contribution in [0.2, 0.25) is 0 Å². The molecular weight excluding hydrogens is 255 g/mol. The van der Waals surface area contributed by atoms with Crippen LogP contribution < -0.4 is 0 Å². The number of ether oxygens (including phenoxy) is 2. The van der Waals surface area contributed by atoms with E-state index in [4.69, 9.17) is 9.47 Å². The van der Waals surface area contributed by atoms with Crippen molar-refractivity contribution in [3.8, 4) is 0 Å². The fraction of sp³-hybridized carbons (Fsp3) is 1.00. The highest BCUT2D eigenvalue weighted by Gasteiger charge is 2.23. The molecule has 1 aliphatic rings. The van der Waals surface area contributed by atoms with E-state index in [1.807, 2.05) is 0 Å². The average molecular weight is 270 g/mol. The predicted molar refractivity (Wildman–Crippen MR) is 53.0 cm³/mol. The molecule has 0 amide bonds. The number of hydrogen-bond donors (Lipinski definition) is 0. The van der Waals surface area contributed by atoms with Crippen LogP contribution in [-0.2, 0) is 9.47 Å². The Balaban J connectivity index is 2.18. The van der Waals surface area contributed by atoms with E-state index in [1.54, 1.807) is 0 Å². The Morgan fingerprint density at radius 3 is 3.09 bits per heavy atom. The van der Waals surface area contributed by atoms with Crippen molar-refractivity contribution in [2.45, 2.75) is 36.4 Å². The van der Waals surface area contributed by atoms with Crippen molar-refractivity contribution in [2.75, 3.05) is 13.2 Å². The molecule has 1 aliphatic heterocycles. The molecule has 0 aliphatic carbocycles. The molecule has 1 heterocycles. The van der Waals surface area contributed by atoms with Gasteiger partial charge in [-0.15, -0.1) is 0 Å². The molecule has 0 aromatic carbocycles. The number of hydrogen-bond acceptors (Lipinski definition) is 2. The number of rotatable bonds is 3. The first kappa shape index (κ1) is 9.74. The minimum absolute atomic E-state index is 0.0595. The van der Waals surface area contributed by atoms with Crippen molar-refractivity contribution >= 4 is 22.6 Å². The molecule has 11 heavy (non-hydrogen) atoms. The maximum Gasteiger partial charge on any atom is 0.169 e. The summed E-state index contributed by atoms with van der Waals surface area (Å²) in [6.07, 6.45) is 3.54. The van der Waals surface area contributed by atoms with Crippen LogP contribution in [0, 0.1) is 0 Å². The Bertz CT molecular complexity index is 108. The van der Waals surface area contributed by atoms with Crippen molar-refractivity contribution in [3.05, 3.63) is 0 Å². The van der Waals surface area contributed by atoms with Crippen molar-refractivity contribution in [3.63, 3.8) is 0 Å². The fourth-order valence-electron chi connectivity index (χ4n) is 1.10. The number of alkyl halides is 1. The van der Waals surface area contributed by atoms with Gasteiger partial charge >= 0.3 is 0 Å². The van der Waals surface area contributed by atoms with Gasteiger partial charge in [-0.2, -0.15) is 0 Å². The smallest absolute Gasteiger partial charge is 0.169 e. The Hall–Kier alpha value is 0.650. The van der Waals surface area contributed by atoms with Gasteiger partial charge in [-0.25, -0.2) is 0 Å². The zero-order chi connectivity index (χ0) is 8.10. The summed E-state index contributed by atoms with van der Waals surface area (Å²) in [6.45, 7) is 3.81. The molecule has 0 aromatic rings. The van der Waals surface area contributed by atoms with Gasteiger partial charge < -0.3 is 9.47 Å². The van der Waals surface area contributed by atoms with Crippen LogP contribution in [0.4, 0.5) is 0 Å². The van der Waals surface area contributed by atoms with Crippen LogP contribution in [-0.4, -0.2) is 23.4 Å². The highest BCUT2D eigenvalue weighted by molar-refractivity contribution is 14.1. The quantitative estimate of drug-likeness (QED) is 0.579. The van der Waals surface area contributed by atoms with E-state index in [0.29, 0.717) is 3.92 Å². The lowest BCUT2D eigenvalue weighted by atomic mass is 10.2. The molecule has 66 valence electrons. The number of halogens is 1. The lowest BCUT2D eigenvalue weighted by Gasteiger charge is -2.27. The molecule has 1 saturated heterocycles. The third-order valence-electron chi connectivity index (χ3n) is 1.69. The first-order chi connectivity index (χ1) is 5.34. The maximum atomic E-state index is 5.51. The molecule has 2 nitrogen and oxygen atoms in total. The molecule has 0 N–H and O–H groups in total. The monoisotopic (exact) mass is 270 g/mol. The molecule has 0 bridgehead atoms. The van der Waals surface area contributed by atoms with Gasteiger partial charge in [0.2, 0.25) is 0 Å². The topological polar surface area (TPSA) is 18.5 Å². The predicted octanol–water partition coefficient (Wildman–Crippen LogP) is 2.35. The summed E-state index contributed by atoms with van der Waals surface area (Å²) in [6, 6.07) is 0. The zero-order valence-corrected chi connectivity index (χ0v) is 9.04. The van der Waals surface area contributed by atoms with Crippen LogP contribution in [0.5, 0.6) is 0 Å². The van der Waals surface area contributed by atoms with Crippen molar-refractivity contribution in [1.29, 1.82) is 0 Å². The van der Waals surface area contributed by atoms with E-state index in [2.05, 4.69) is 29.5 Å². The zero-order valence-electron chi connectivity index (χ0n) is 6.88. The first-order valence-electron chi connectivity index (χ1n) is 4.22. The standard InChI is InChI=1S/C8H15IO2/c1-2-5-10-8-7(9)4-3-6-11-8/h7-8H,2-6H2,1H3. The van der Waals surface area contributed by atoms with Crippen molar-refractivity contribution in [2.24, 2.45) is 0 Å². The van der Waals surface area contributed by atoms with E-state index < -0.39 is 0 Å². The second-order valence-corrected chi connectivity index (χ2v) is 4.37. The molecule has 1 rings (SSSR count). The minimum atomic E-state index is 0.0595. The first-order valence-corrected chi connectivity index (χ1v) is 5.46. The van der Waals surface area contributed by atoms with Gasteiger partial charge in [0.25, 0.3) is 0 Å². The van der Waals surface area contributed by atoms with E-state index in [-0.39, 0.29) is 6.29 Å². The summed E-state index contributed by atoms with van der Waals surface area (Å²) in [5.41, 5.74) is 0. The molecule has 2 atom stereocenters. The highest BCUT2D eigenvalue weighted by atomic mass is 127. The van der Waals surface area contributed by atoms with Crippen LogP contribution in [0.3, 0.4) is 0 Å². The second-order valence-electron chi connectivity index (χ2n) is 2.77. The van der Waals surface area contributed by atoms with Gasteiger partial charge in [0.1, 0.15) is 0 Å². The summed E-state index contributed by atoms with van der Waals surface area (Å²) < 4.78 is 11.5. The molecular formula is C8H15IO2. The molecule has 1 fully saturated rings. The SMILES string of the molecule is CCCOC1OCCCC1I. The van der Waals surface area contributed by atoms with Crippen LogP contribution in [0.15, 0.2) is 0 Å². The molecule has 2 unspecified atom stereocenters. The van der Waals surface area contributed by atoms with Crippen molar-refractivity contribution < 1.29 is 9.47 Å². The van der Waals surface area contributed by atoms with Gasteiger partial charge in [0, 0.05) is 13.2 Å². The van der Waals surface area contributed by atoms with Gasteiger partial charge in [0.15, 0.2) is 6.29 Å². The molecule has 0 spiro atoms. The van der Waals surface area contributed by atoms with E-state index >= 15 is 0 Å². The Morgan fingerprint density at radius 2 is 2.45 bits per heavy atom. The van der Waals surface area contributed by atoms with Gasteiger partial charge in [0.05, 0.1) is 3.92 Å². The maximum absolute atomic E-state index is 5.51. The second kappa shape index (κ2) is 5.32. The molecule has 3 heteroatoms. The third kappa shape index (κ3) is 3.25. The summed E-state index contributed by atoms with van der Waals surface area (Å²) >= 11 is 2.41. The third-order valence-corrected chi connectivity index (χ3v) is 2.90. The van der Waals surface area contributed by atoms with Crippen LogP contribution in [0.25, 0.3) is 0 Å². The summed E-state index contributed by atoms with van der Waals surface area (Å²) in [4.78, 5) is 0. The minimum Gasteiger partial charge on any atom is -0.352 e. The van der Waals surface area contributed by atoms with E-state index in [1.165, 1.54) is 12.8 Å². The summed E-state index contributed by atoms with van der Waals surface area (Å²) in [7, 11) is 0. The molecule has 0 aromatic heterocycles. The van der Waals surface area contributed by atoms with E-state index in [9.17, 15) is 0 Å². The normalized spacial score (nSPS) is 32.2. The summed E-state index contributed by atoms with van der Waals surface area (Å²) in [5, 5.41) is 0. The Kier molecular flexibility index (Phi) is 4.71. The molecule has 0 radical (unpaired) electrons. The Morgan fingerprint density at radius 1 is 1.64 bits per heavy atom. The fourth-order valence-corrected chi connectivity index (χ4v) is 1.96.